The Bertz CT molecular complexity index is 496. The van der Waals surface area contributed by atoms with Gasteiger partial charge < -0.3 is 10.1 Å². The highest BCUT2D eigenvalue weighted by molar-refractivity contribution is 5.79. The molecule has 1 aromatic carbocycles. The summed E-state index contributed by atoms with van der Waals surface area (Å²) in [4.78, 5) is 22.7. The number of benzene rings is 1. The highest BCUT2D eigenvalue weighted by Crippen LogP contribution is 2.22. The molecule has 0 saturated heterocycles. The van der Waals surface area contributed by atoms with E-state index in [1.807, 2.05) is 6.07 Å². The largest absolute Gasteiger partial charge is 0.469 e. The molecule has 1 aliphatic rings. The van der Waals surface area contributed by atoms with E-state index in [4.69, 9.17) is 0 Å². The van der Waals surface area contributed by atoms with E-state index in [2.05, 4.69) is 22.2 Å². The van der Waals surface area contributed by atoms with Gasteiger partial charge in [-0.05, 0) is 42.4 Å². The number of esters is 1. The van der Waals surface area contributed by atoms with Crippen molar-refractivity contribution in [1.82, 2.24) is 5.32 Å². The number of aryl methyl sites for hydroxylation is 2. The van der Waals surface area contributed by atoms with Crippen molar-refractivity contribution in [2.24, 2.45) is 0 Å². The summed E-state index contributed by atoms with van der Waals surface area (Å²) in [7, 11) is 1.34. The zero-order valence-corrected chi connectivity index (χ0v) is 11.9. The Labute approximate surface area is 119 Å². The van der Waals surface area contributed by atoms with E-state index in [-0.39, 0.29) is 18.3 Å². The Hall–Kier alpha value is -1.84. The first-order valence-electron chi connectivity index (χ1n) is 7.13. The van der Waals surface area contributed by atoms with Crippen LogP contribution in [0.2, 0.25) is 0 Å². The molecule has 0 bridgehead atoms. The fourth-order valence-electron chi connectivity index (χ4n) is 2.55. The molecule has 1 aliphatic carbocycles. The summed E-state index contributed by atoms with van der Waals surface area (Å²) in [6.45, 7) is 0.330. The van der Waals surface area contributed by atoms with Crippen molar-refractivity contribution in [2.75, 3.05) is 13.7 Å². The second kappa shape index (κ2) is 7.08. The Morgan fingerprint density at radius 3 is 2.70 bits per heavy atom. The molecule has 0 unspecified atom stereocenters. The fraction of sp³-hybridized carbons (Fsp3) is 0.500. The van der Waals surface area contributed by atoms with E-state index in [0.717, 1.165) is 18.4 Å². The smallest absolute Gasteiger partial charge is 0.307 e. The van der Waals surface area contributed by atoms with Gasteiger partial charge >= 0.3 is 5.97 Å². The summed E-state index contributed by atoms with van der Waals surface area (Å²) in [5.41, 5.74) is 3.85. The summed E-state index contributed by atoms with van der Waals surface area (Å²) < 4.78 is 4.52. The molecule has 20 heavy (non-hydrogen) atoms. The molecule has 1 N–H and O–H groups in total. The zero-order chi connectivity index (χ0) is 14.4. The van der Waals surface area contributed by atoms with Gasteiger partial charge in [-0.25, -0.2) is 0 Å². The van der Waals surface area contributed by atoms with E-state index in [1.54, 1.807) is 0 Å². The average molecular weight is 275 g/mol. The third-order valence-corrected chi connectivity index (χ3v) is 3.66. The van der Waals surface area contributed by atoms with Crippen LogP contribution in [0.25, 0.3) is 0 Å². The predicted molar refractivity (Wildman–Crippen MR) is 76.4 cm³/mol. The van der Waals surface area contributed by atoms with Gasteiger partial charge in [-0.1, -0.05) is 18.2 Å². The first kappa shape index (κ1) is 14.6. The summed E-state index contributed by atoms with van der Waals surface area (Å²) in [6, 6.07) is 6.32. The van der Waals surface area contributed by atoms with E-state index < -0.39 is 0 Å². The van der Waals surface area contributed by atoms with Crippen LogP contribution in [0.1, 0.15) is 36.0 Å². The molecule has 0 spiro atoms. The van der Waals surface area contributed by atoms with Crippen LogP contribution in [0.4, 0.5) is 0 Å². The van der Waals surface area contributed by atoms with Gasteiger partial charge in [0.25, 0.3) is 0 Å². The zero-order valence-electron chi connectivity index (χ0n) is 11.9. The number of hydrogen-bond acceptors (Lipinski definition) is 3. The van der Waals surface area contributed by atoms with Crippen LogP contribution < -0.4 is 5.32 Å². The maximum atomic E-state index is 11.8. The lowest BCUT2D eigenvalue weighted by atomic mass is 9.90. The highest BCUT2D eigenvalue weighted by atomic mass is 16.5. The van der Waals surface area contributed by atoms with Crippen molar-refractivity contribution in [3.05, 3.63) is 34.9 Å². The highest BCUT2D eigenvalue weighted by Gasteiger charge is 2.11. The molecule has 0 radical (unpaired) electrons. The van der Waals surface area contributed by atoms with Gasteiger partial charge in [-0.3, -0.25) is 9.59 Å². The van der Waals surface area contributed by atoms with Crippen molar-refractivity contribution in [3.8, 4) is 0 Å². The van der Waals surface area contributed by atoms with Crippen LogP contribution in [0.5, 0.6) is 0 Å². The van der Waals surface area contributed by atoms with Gasteiger partial charge in [-0.2, -0.15) is 0 Å². The molecule has 0 saturated carbocycles. The standard InChI is InChI=1S/C16H21NO3/c1-20-16(19)8-9-17-15(18)11-12-6-7-13-4-2-3-5-14(13)10-12/h6-7,10H,2-5,8-9,11H2,1H3,(H,17,18). The van der Waals surface area contributed by atoms with Crippen molar-refractivity contribution in [2.45, 2.75) is 38.5 Å². The molecule has 0 fully saturated rings. The molecule has 1 amide bonds. The van der Waals surface area contributed by atoms with Crippen LogP contribution in [0.15, 0.2) is 18.2 Å². The van der Waals surface area contributed by atoms with Crippen molar-refractivity contribution in [1.29, 1.82) is 0 Å². The first-order chi connectivity index (χ1) is 9.69. The topological polar surface area (TPSA) is 55.4 Å². The second-order valence-electron chi connectivity index (χ2n) is 5.16. The fourth-order valence-corrected chi connectivity index (χ4v) is 2.55. The molecule has 4 heteroatoms. The van der Waals surface area contributed by atoms with Crippen LogP contribution in [0, 0.1) is 0 Å². The van der Waals surface area contributed by atoms with Gasteiger partial charge in [0.05, 0.1) is 20.0 Å². The number of rotatable bonds is 5. The normalized spacial score (nSPS) is 13.4. The monoisotopic (exact) mass is 275 g/mol. The molecule has 1 aromatic rings. The molecule has 2 rings (SSSR count). The number of amides is 1. The summed E-state index contributed by atoms with van der Waals surface area (Å²) in [6.07, 6.45) is 5.36. The van der Waals surface area contributed by atoms with E-state index >= 15 is 0 Å². The van der Waals surface area contributed by atoms with Crippen molar-refractivity contribution >= 4 is 11.9 Å². The molecule has 0 atom stereocenters. The lowest BCUT2D eigenvalue weighted by molar-refractivity contribution is -0.140. The molecule has 0 aromatic heterocycles. The van der Waals surface area contributed by atoms with E-state index in [1.165, 1.54) is 31.1 Å². The Morgan fingerprint density at radius 1 is 1.20 bits per heavy atom. The quantitative estimate of drug-likeness (QED) is 0.833. The molecule has 4 nitrogen and oxygen atoms in total. The Morgan fingerprint density at radius 2 is 1.95 bits per heavy atom. The van der Waals surface area contributed by atoms with Gasteiger partial charge in [0.2, 0.25) is 5.91 Å². The maximum absolute atomic E-state index is 11.8. The van der Waals surface area contributed by atoms with Crippen molar-refractivity contribution in [3.63, 3.8) is 0 Å². The minimum Gasteiger partial charge on any atom is -0.469 e. The number of fused-ring (bicyclic) bond motifs is 1. The predicted octanol–water partition coefficient (Wildman–Crippen LogP) is 1.79. The average Bonchev–Trinajstić information content (AvgIpc) is 2.47. The van der Waals surface area contributed by atoms with Crippen molar-refractivity contribution < 1.29 is 14.3 Å². The Balaban J connectivity index is 1.83. The molecule has 108 valence electrons. The van der Waals surface area contributed by atoms with E-state index in [0.29, 0.717) is 13.0 Å². The summed E-state index contributed by atoms with van der Waals surface area (Å²) in [5, 5.41) is 2.74. The lowest BCUT2D eigenvalue weighted by Gasteiger charge is -2.16. The van der Waals surface area contributed by atoms with Crippen LogP contribution in [-0.2, 0) is 33.6 Å². The van der Waals surface area contributed by atoms with Gasteiger partial charge in [0.1, 0.15) is 0 Å². The molecule has 0 heterocycles. The summed E-state index contributed by atoms with van der Waals surface area (Å²) in [5.74, 6) is -0.358. The van der Waals surface area contributed by atoms with Gasteiger partial charge in [-0.15, -0.1) is 0 Å². The Kier molecular flexibility index (Phi) is 5.16. The second-order valence-corrected chi connectivity index (χ2v) is 5.16. The SMILES string of the molecule is COC(=O)CCNC(=O)Cc1ccc2c(c1)CCCC2. The number of carbonyl (C=O) groups excluding carboxylic acids is 2. The van der Waals surface area contributed by atoms with Crippen LogP contribution in [0.3, 0.4) is 0 Å². The van der Waals surface area contributed by atoms with Crippen LogP contribution in [-0.4, -0.2) is 25.5 Å². The number of hydrogen-bond donors (Lipinski definition) is 1. The first-order valence-corrected chi connectivity index (χ1v) is 7.13. The third kappa shape index (κ3) is 4.08. The molecular weight excluding hydrogens is 254 g/mol. The molecule has 0 aliphatic heterocycles. The van der Waals surface area contributed by atoms with Gasteiger partial charge in [0.15, 0.2) is 0 Å². The van der Waals surface area contributed by atoms with E-state index in [9.17, 15) is 9.59 Å². The maximum Gasteiger partial charge on any atom is 0.307 e. The number of ether oxygens (including phenoxy) is 1. The lowest BCUT2D eigenvalue weighted by Crippen LogP contribution is -2.27. The minimum absolute atomic E-state index is 0.0512. The molecular formula is C16H21NO3. The third-order valence-electron chi connectivity index (χ3n) is 3.66. The minimum atomic E-state index is -0.306. The number of carbonyl (C=O) groups is 2. The number of nitrogens with one attached hydrogen (secondary N) is 1. The number of methoxy groups -OCH3 is 1. The summed E-state index contributed by atoms with van der Waals surface area (Å²) >= 11 is 0. The van der Waals surface area contributed by atoms with Gasteiger partial charge in [0, 0.05) is 6.54 Å². The van der Waals surface area contributed by atoms with Crippen LogP contribution >= 0.6 is 0 Å².